The minimum atomic E-state index is -0.555. The molecule has 0 fully saturated rings. The fourth-order valence-corrected chi connectivity index (χ4v) is 2.05. The van der Waals surface area contributed by atoms with Crippen molar-refractivity contribution in [3.63, 3.8) is 0 Å². The standard InChI is InChI=1S/C18H21N3O3/c1-13(20-15-8-10-16(24-2)11-9-15)17(22)21-18(23)19-12-14-6-4-3-5-7-14/h3-11,13,20H,12H2,1-2H3,(H2,19,21,22,23). The monoisotopic (exact) mass is 327 g/mol. The van der Waals surface area contributed by atoms with Crippen LogP contribution in [0.15, 0.2) is 54.6 Å². The molecule has 6 heteroatoms. The third-order valence-electron chi connectivity index (χ3n) is 3.40. The van der Waals surface area contributed by atoms with Gasteiger partial charge in [-0.25, -0.2) is 4.79 Å². The molecule has 0 spiro atoms. The van der Waals surface area contributed by atoms with Gasteiger partial charge in [0.05, 0.1) is 7.11 Å². The number of amides is 3. The fraction of sp³-hybridized carbons (Fsp3) is 0.222. The predicted octanol–water partition coefficient (Wildman–Crippen LogP) is 2.52. The Kier molecular flexibility index (Phi) is 6.19. The molecule has 24 heavy (non-hydrogen) atoms. The molecule has 0 aromatic heterocycles. The van der Waals surface area contributed by atoms with Crippen molar-refractivity contribution in [1.82, 2.24) is 10.6 Å². The Morgan fingerprint density at radius 2 is 1.71 bits per heavy atom. The molecule has 3 N–H and O–H groups in total. The first-order chi connectivity index (χ1) is 11.6. The van der Waals surface area contributed by atoms with Gasteiger partial charge >= 0.3 is 6.03 Å². The Balaban J connectivity index is 1.78. The average Bonchev–Trinajstić information content (AvgIpc) is 2.61. The lowest BCUT2D eigenvalue weighted by Gasteiger charge is -2.15. The Morgan fingerprint density at radius 3 is 2.33 bits per heavy atom. The largest absolute Gasteiger partial charge is 0.497 e. The highest BCUT2D eigenvalue weighted by molar-refractivity contribution is 5.97. The Bertz CT molecular complexity index is 672. The molecule has 0 aliphatic heterocycles. The van der Waals surface area contributed by atoms with Crippen molar-refractivity contribution >= 4 is 17.6 Å². The van der Waals surface area contributed by atoms with Crippen molar-refractivity contribution in [3.05, 3.63) is 60.2 Å². The van der Waals surface area contributed by atoms with Crippen LogP contribution in [0.5, 0.6) is 5.75 Å². The zero-order valence-corrected chi connectivity index (χ0v) is 13.7. The maximum atomic E-state index is 12.0. The summed E-state index contributed by atoms with van der Waals surface area (Å²) in [5, 5.41) is 7.99. The summed E-state index contributed by atoms with van der Waals surface area (Å²) in [4.78, 5) is 23.8. The SMILES string of the molecule is COc1ccc(NC(C)C(=O)NC(=O)NCc2ccccc2)cc1. The van der Waals surface area contributed by atoms with Crippen LogP contribution in [0.25, 0.3) is 0 Å². The van der Waals surface area contributed by atoms with Crippen LogP contribution in [0.2, 0.25) is 0 Å². The van der Waals surface area contributed by atoms with E-state index in [1.54, 1.807) is 38.3 Å². The molecule has 3 amide bonds. The molecule has 0 aliphatic carbocycles. The van der Waals surface area contributed by atoms with E-state index in [4.69, 9.17) is 4.74 Å². The van der Waals surface area contributed by atoms with Crippen molar-refractivity contribution in [1.29, 1.82) is 0 Å². The highest BCUT2D eigenvalue weighted by Crippen LogP contribution is 2.15. The number of methoxy groups -OCH3 is 1. The molecule has 1 unspecified atom stereocenters. The van der Waals surface area contributed by atoms with Crippen molar-refractivity contribution in [3.8, 4) is 5.75 Å². The lowest BCUT2D eigenvalue weighted by atomic mass is 10.2. The number of hydrogen-bond acceptors (Lipinski definition) is 4. The first-order valence-corrected chi connectivity index (χ1v) is 7.61. The van der Waals surface area contributed by atoms with E-state index in [0.717, 1.165) is 17.0 Å². The molecule has 0 bridgehead atoms. The van der Waals surface area contributed by atoms with Crippen LogP contribution in [0.1, 0.15) is 12.5 Å². The Morgan fingerprint density at radius 1 is 1.04 bits per heavy atom. The van der Waals surface area contributed by atoms with Crippen LogP contribution in [0.4, 0.5) is 10.5 Å². The van der Waals surface area contributed by atoms with Gasteiger partial charge in [-0.05, 0) is 36.8 Å². The lowest BCUT2D eigenvalue weighted by Crippen LogP contribution is -2.45. The first kappa shape index (κ1) is 17.3. The van der Waals surface area contributed by atoms with Crippen molar-refractivity contribution in [2.24, 2.45) is 0 Å². The second-order valence-electron chi connectivity index (χ2n) is 5.25. The zero-order chi connectivity index (χ0) is 17.4. The molecular formula is C18H21N3O3. The Labute approximate surface area is 141 Å². The molecule has 2 aromatic rings. The van der Waals surface area contributed by atoms with Crippen LogP contribution < -0.4 is 20.7 Å². The molecule has 0 saturated heterocycles. The normalized spacial score (nSPS) is 11.2. The fourth-order valence-electron chi connectivity index (χ4n) is 2.05. The molecule has 0 heterocycles. The third kappa shape index (κ3) is 5.31. The molecule has 1 atom stereocenters. The quantitative estimate of drug-likeness (QED) is 0.762. The van der Waals surface area contributed by atoms with Gasteiger partial charge in [0.2, 0.25) is 5.91 Å². The van der Waals surface area contributed by atoms with E-state index in [0.29, 0.717) is 6.54 Å². The molecule has 2 aromatic carbocycles. The van der Waals surface area contributed by atoms with Crippen molar-refractivity contribution < 1.29 is 14.3 Å². The number of ether oxygens (including phenoxy) is 1. The van der Waals surface area contributed by atoms with Gasteiger partial charge in [-0.15, -0.1) is 0 Å². The second kappa shape index (κ2) is 8.57. The summed E-state index contributed by atoms with van der Waals surface area (Å²) in [7, 11) is 1.59. The predicted molar refractivity (Wildman–Crippen MR) is 92.9 cm³/mol. The summed E-state index contributed by atoms with van der Waals surface area (Å²) < 4.78 is 5.08. The zero-order valence-electron chi connectivity index (χ0n) is 13.7. The molecule has 0 radical (unpaired) electrons. The topological polar surface area (TPSA) is 79.5 Å². The average molecular weight is 327 g/mol. The molecule has 6 nitrogen and oxygen atoms in total. The number of imide groups is 1. The van der Waals surface area contributed by atoms with Gasteiger partial charge in [-0.2, -0.15) is 0 Å². The minimum absolute atomic E-state index is 0.361. The smallest absolute Gasteiger partial charge is 0.321 e. The van der Waals surface area contributed by atoms with Gasteiger partial charge in [0.25, 0.3) is 0 Å². The number of rotatable bonds is 6. The maximum absolute atomic E-state index is 12.0. The molecule has 2 rings (SSSR count). The molecule has 0 aliphatic rings. The summed E-state index contributed by atoms with van der Waals surface area (Å²) >= 11 is 0. The van der Waals surface area contributed by atoms with Gasteiger partial charge in [0.15, 0.2) is 0 Å². The van der Waals surface area contributed by atoms with E-state index in [-0.39, 0.29) is 0 Å². The molecule has 0 saturated carbocycles. The second-order valence-corrected chi connectivity index (χ2v) is 5.25. The summed E-state index contributed by atoms with van der Waals surface area (Å²) in [5.74, 6) is 0.328. The van der Waals surface area contributed by atoms with Gasteiger partial charge in [-0.3, -0.25) is 10.1 Å². The van der Waals surface area contributed by atoms with Crippen LogP contribution in [-0.2, 0) is 11.3 Å². The van der Waals surface area contributed by atoms with Crippen LogP contribution in [0, 0.1) is 0 Å². The van der Waals surface area contributed by atoms with E-state index >= 15 is 0 Å². The number of benzene rings is 2. The summed E-state index contributed by atoms with van der Waals surface area (Å²) in [6, 6.07) is 15.6. The number of anilines is 1. The highest BCUT2D eigenvalue weighted by atomic mass is 16.5. The van der Waals surface area contributed by atoms with E-state index in [9.17, 15) is 9.59 Å². The number of nitrogens with one attached hydrogen (secondary N) is 3. The van der Waals surface area contributed by atoms with Gasteiger partial charge < -0.3 is 15.4 Å². The van der Waals surface area contributed by atoms with E-state index < -0.39 is 18.0 Å². The number of carbonyl (C=O) groups is 2. The van der Waals surface area contributed by atoms with Crippen LogP contribution in [-0.4, -0.2) is 25.1 Å². The molecular weight excluding hydrogens is 306 g/mol. The van der Waals surface area contributed by atoms with Crippen molar-refractivity contribution in [2.45, 2.75) is 19.5 Å². The van der Waals surface area contributed by atoms with Crippen molar-refractivity contribution in [2.75, 3.05) is 12.4 Å². The minimum Gasteiger partial charge on any atom is -0.497 e. The number of urea groups is 1. The van der Waals surface area contributed by atoms with E-state index in [1.807, 2.05) is 30.3 Å². The van der Waals surface area contributed by atoms with Crippen LogP contribution >= 0.6 is 0 Å². The summed E-state index contributed by atoms with van der Waals surface area (Å²) in [5.41, 5.74) is 1.73. The lowest BCUT2D eigenvalue weighted by molar-refractivity contribution is -0.120. The highest BCUT2D eigenvalue weighted by Gasteiger charge is 2.15. The van der Waals surface area contributed by atoms with Crippen LogP contribution in [0.3, 0.4) is 0 Å². The van der Waals surface area contributed by atoms with E-state index in [2.05, 4.69) is 16.0 Å². The maximum Gasteiger partial charge on any atom is 0.321 e. The van der Waals surface area contributed by atoms with Gasteiger partial charge in [0, 0.05) is 12.2 Å². The summed E-state index contributed by atoms with van der Waals surface area (Å²) in [6.45, 7) is 2.05. The van der Waals surface area contributed by atoms with Gasteiger partial charge in [0.1, 0.15) is 11.8 Å². The van der Waals surface area contributed by atoms with Gasteiger partial charge in [-0.1, -0.05) is 30.3 Å². The van der Waals surface area contributed by atoms with E-state index in [1.165, 1.54) is 0 Å². The first-order valence-electron chi connectivity index (χ1n) is 7.61. The number of carbonyl (C=O) groups excluding carboxylic acids is 2. The third-order valence-corrected chi connectivity index (χ3v) is 3.40. The summed E-state index contributed by atoms with van der Waals surface area (Å²) in [6.07, 6.45) is 0. The number of hydrogen-bond donors (Lipinski definition) is 3. The molecule has 126 valence electrons. The Hall–Kier alpha value is -3.02.